The molecule has 0 radical (unpaired) electrons. The summed E-state index contributed by atoms with van der Waals surface area (Å²) in [6.45, 7) is 4.20. The van der Waals surface area contributed by atoms with Crippen LogP contribution in [0.5, 0.6) is 0 Å². The summed E-state index contributed by atoms with van der Waals surface area (Å²) in [5.41, 5.74) is 1.84. The molecule has 3 rings (SSSR count). The van der Waals surface area contributed by atoms with E-state index in [1.165, 1.54) is 24.3 Å². The topological polar surface area (TPSA) is 71.8 Å². The van der Waals surface area contributed by atoms with Crippen LogP contribution in [0, 0.1) is 5.82 Å². The predicted molar refractivity (Wildman–Crippen MR) is 96.6 cm³/mol. The number of pyridine rings is 1. The molecule has 2 N–H and O–H groups in total. The van der Waals surface area contributed by atoms with E-state index in [2.05, 4.69) is 27.2 Å². The van der Waals surface area contributed by atoms with E-state index < -0.39 is 11.7 Å². The lowest BCUT2D eigenvalue weighted by Crippen LogP contribution is -2.14. The zero-order valence-electron chi connectivity index (χ0n) is 13.4. The number of hydrogen-bond acceptors (Lipinski definition) is 4. The fraction of sp³-hybridized carbons (Fsp3) is 0.118. The highest BCUT2D eigenvalue weighted by Crippen LogP contribution is 2.33. The Morgan fingerprint density at radius 3 is 2.76 bits per heavy atom. The van der Waals surface area contributed by atoms with Crippen molar-refractivity contribution in [2.45, 2.75) is 6.54 Å². The van der Waals surface area contributed by atoms with Crippen LogP contribution >= 0.6 is 11.6 Å². The second kappa shape index (κ2) is 6.90. The van der Waals surface area contributed by atoms with E-state index in [1.807, 2.05) is 0 Å². The molecule has 1 amide bonds. The highest BCUT2D eigenvalue weighted by molar-refractivity contribution is 6.34. The molecule has 25 heavy (non-hydrogen) atoms. The van der Waals surface area contributed by atoms with Crippen molar-refractivity contribution in [1.29, 1.82) is 0 Å². The SMILES string of the molecule is C=CCn1cnc2c(NC)nc(Cl)c(NC(=O)c3ccc(F)cc3)c21. The standard InChI is InChI=1S/C17H15ClFN5O/c1-3-8-24-9-21-13-14(24)12(15(18)23-16(13)20-2)22-17(25)10-4-6-11(19)7-5-10/h3-7,9H,1,8H2,2H3,(H,20,23)(H,22,25). The van der Waals surface area contributed by atoms with Gasteiger partial charge in [-0.05, 0) is 24.3 Å². The maximum absolute atomic E-state index is 13.0. The van der Waals surface area contributed by atoms with E-state index >= 15 is 0 Å². The molecule has 8 heteroatoms. The van der Waals surface area contributed by atoms with Crippen molar-refractivity contribution in [1.82, 2.24) is 14.5 Å². The molecule has 2 aromatic heterocycles. The van der Waals surface area contributed by atoms with Gasteiger partial charge in [0.05, 0.1) is 11.8 Å². The average molecular weight is 360 g/mol. The maximum Gasteiger partial charge on any atom is 0.255 e. The number of fused-ring (bicyclic) bond motifs is 1. The van der Waals surface area contributed by atoms with Gasteiger partial charge in [-0.15, -0.1) is 6.58 Å². The molecule has 2 heterocycles. The molecule has 0 aliphatic heterocycles. The van der Waals surface area contributed by atoms with Gasteiger partial charge in [0.25, 0.3) is 5.91 Å². The second-order valence-electron chi connectivity index (χ2n) is 5.22. The number of allylic oxidation sites excluding steroid dienone is 1. The Morgan fingerprint density at radius 2 is 2.12 bits per heavy atom. The number of amides is 1. The molecule has 6 nitrogen and oxygen atoms in total. The molecular weight excluding hydrogens is 345 g/mol. The molecule has 0 bridgehead atoms. The molecule has 0 saturated heterocycles. The number of aromatic nitrogens is 3. The number of nitrogens with one attached hydrogen (secondary N) is 2. The molecule has 3 aromatic rings. The number of benzene rings is 1. The Balaban J connectivity index is 2.09. The lowest BCUT2D eigenvalue weighted by atomic mass is 10.2. The predicted octanol–water partition coefficient (Wildman–Crippen LogP) is 3.70. The Hall–Kier alpha value is -2.93. The summed E-state index contributed by atoms with van der Waals surface area (Å²) < 4.78 is 14.8. The van der Waals surface area contributed by atoms with Crippen LogP contribution < -0.4 is 10.6 Å². The second-order valence-corrected chi connectivity index (χ2v) is 5.58. The van der Waals surface area contributed by atoms with Gasteiger partial charge >= 0.3 is 0 Å². The molecule has 0 spiro atoms. The van der Waals surface area contributed by atoms with Crippen molar-refractivity contribution >= 4 is 40.0 Å². The highest BCUT2D eigenvalue weighted by Gasteiger charge is 2.19. The molecule has 128 valence electrons. The maximum atomic E-state index is 13.0. The van der Waals surface area contributed by atoms with Crippen LogP contribution in [0.4, 0.5) is 15.9 Å². The minimum absolute atomic E-state index is 0.123. The van der Waals surface area contributed by atoms with E-state index in [4.69, 9.17) is 11.6 Å². The van der Waals surface area contributed by atoms with E-state index in [-0.39, 0.29) is 5.15 Å². The minimum atomic E-state index is -0.423. The molecular formula is C17H15ClFN5O. The number of rotatable bonds is 5. The van der Waals surface area contributed by atoms with Crippen molar-refractivity contribution < 1.29 is 9.18 Å². The first-order chi connectivity index (χ1) is 12.0. The van der Waals surface area contributed by atoms with E-state index in [1.54, 1.807) is 24.0 Å². The van der Waals surface area contributed by atoms with Crippen LogP contribution in [-0.4, -0.2) is 27.5 Å². The zero-order valence-corrected chi connectivity index (χ0v) is 14.1. The molecule has 0 aliphatic rings. The van der Waals surface area contributed by atoms with Gasteiger partial charge in [-0.1, -0.05) is 17.7 Å². The first kappa shape index (κ1) is 16.9. The number of carbonyl (C=O) groups excluding carboxylic acids is 1. The molecule has 0 aliphatic carbocycles. The monoisotopic (exact) mass is 359 g/mol. The molecule has 1 aromatic carbocycles. The number of imidazole rings is 1. The zero-order chi connectivity index (χ0) is 18.0. The van der Waals surface area contributed by atoms with Crippen LogP contribution in [-0.2, 0) is 6.54 Å². The van der Waals surface area contributed by atoms with Crippen LogP contribution in [0.1, 0.15) is 10.4 Å². The summed E-state index contributed by atoms with van der Waals surface area (Å²) in [5.74, 6) is -0.336. The summed E-state index contributed by atoms with van der Waals surface area (Å²) in [4.78, 5) is 21.0. The van der Waals surface area contributed by atoms with Crippen molar-refractivity contribution in [3.05, 3.63) is 59.8 Å². The first-order valence-electron chi connectivity index (χ1n) is 7.45. The minimum Gasteiger partial charge on any atom is -0.371 e. The number of carbonyl (C=O) groups is 1. The third kappa shape index (κ3) is 3.18. The Morgan fingerprint density at radius 1 is 1.40 bits per heavy atom. The number of anilines is 2. The largest absolute Gasteiger partial charge is 0.371 e. The summed E-state index contributed by atoms with van der Waals surface area (Å²) in [7, 11) is 1.71. The average Bonchev–Trinajstić information content (AvgIpc) is 3.02. The third-order valence-electron chi connectivity index (χ3n) is 3.62. The van der Waals surface area contributed by atoms with Gasteiger partial charge in [0.15, 0.2) is 11.0 Å². The van der Waals surface area contributed by atoms with Gasteiger partial charge in [0, 0.05) is 19.2 Å². The van der Waals surface area contributed by atoms with Gasteiger partial charge in [0.2, 0.25) is 0 Å². The quantitative estimate of drug-likeness (QED) is 0.538. The van der Waals surface area contributed by atoms with Crippen molar-refractivity contribution in [3.63, 3.8) is 0 Å². The van der Waals surface area contributed by atoms with Crippen LogP contribution in [0.25, 0.3) is 11.0 Å². The number of halogens is 2. The normalized spacial score (nSPS) is 10.7. The smallest absolute Gasteiger partial charge is 0.255 e. The Kier molecular flexibility index (Phi) is 4.67. The van der Waals surface area contributed by atoms with E-state index in [0.29, 0.717) is 34.6 Å². The number of nitrogens with zero attached hydrogens (tertiary/aromatic N) is 3. The fourth-order valence-corrected chi connectivity index (χ4v) is 2.69. The number of hydrogen-bond donors (Lipinski definition) is 2. The van der Waals surface area contributed by atoms with Crippen LogP contribution in [0.15, 0.2) is 43.2 Å². The van der Waals surface area contributed by atoms with Crippen molar-refractivity contribution in [2.24, 2.45) is 0 Å². The van der Waals surface area contributed by atoms with Gasteiger partial charge in [0.1, 0.15) is 17.0 Å². The molecule has 0 atom stereocenters. The third-order valence-corrected chi connectivity index (χ3v) is 3.90. The van der Waals surface area contributed by atoms with E-state index in [9.17, 15) is 9.18 Å². The van der Waals surface area contributed by atoms with Crippen LogP contribution in [0.3, 0.4) is 0 Å². The highest BCUT2D eigenvalue weighted by atomic mass is 35.5. The van der Waals surface area contributed by atoms with Crippen molar-refractivity contribution in [2.75, 3.05) is 17.7 Å². The molecule has 0 unspecified atom stereocenters. The summed E-state index contributed by atoms with van der Waals surface area (Å²) in [6, 6.07) is 5.23. The lowest BCUT2D eigenvalue weighted by molar-refractivity contribution is 0.102. The van der Waals surface area contributed by atoms with E-state index in [0.717, 1.165) is 0 Å². The van der Waals surface area contributed by atoms with Gasteiger partial charge in [-0.25, -0.2) is 14.4 Å². The van der Waals surface area contributed by atoms with Crippen molar-refractivity contribution in [3.8, 4) is 0 Å². The van der Waals surface area contributed by atoms with Gasteiger partial charge in [-0.2, -0.15) is 0 Å². The summed E-state index contributed by atoms with van der Waals surface area (Å²) in [6.07, 6.45) is 3.33. The lowest BCUT2D eigenvalue weighted by Gasteiger charge is -2.12. The molecule has 0 saturated carbocycles. The summed E-state index contributed by atoms with van der Waals surface area (Å²) >= 11 is 6.28. The Bertz CT molecular complexity index is 952. The summed E-state index contributed by atoms with van der Waals surface area (Å²) in [5, 5.41) is 5.80. The van der Waals surface area contributed by atoms with Gasteiger partial charge < -0.3 is 15.2 Å². The fourth-order valence-electron chi connectivity index (χ4n) is 2.47. The first-order valence-corrected chi connectivity index (χ1v) is 7.82. The van der Waals surface area contributed by atoms with Gasteiger partial charge in [-0.3, -0.25) is 4.79 Å². The Labute approximate surface area is 148 Å². The molecule has 0 fully saturated rings. The van der Waals surface area contributed by atoms with Crippen LogP contribution in [0.2, 0.25) is 5.15 Å².